The predicted octanol–water partition coefficient (Wildman–Crippen LogP) is 3.81. The van der Waals surface area contributed by atoms with Crippen molar-refractivity contribution in [2.24, 2.45) is 0 Å². The fraction of sp³-hybridized carbons (Fsp3) is 0.462. The number of halogens is 1. The minimum absolute atomic E-state index is 0.0246. The van der Waals surface area contributed by atoms with Crippen LogP contribution in [0.3, 0.4) is 0 Å². The summed E-state index contributed by atoms with van der Waals surface area (Å²) in [5, 5.41) is 0.450. The van der Waals surface area contributed by atoms with E-state index in [9.17, 15) is 4.79 Å². The zero-order chi connectivity index (χ0) is 12.3. The van der Waals surface area contributed by atoms with Crippen LogP contribution >= 0.6 is 11.6 Å². The minimum Gasteiger partial charge on any atom is -0.462 e. The van der Waals surface area contributed by atoms with Gasteiger partial charge in [0, 0.05) is 0 Å². The summed E-state index contributed by atoms with van der Waals surface area (Å²) in [6.45, 7) is 8.43. The van der Waals surface area contributed by atoms with Gasteiger partial charge in [0.2, 0.25) is 0 Å². The van der Waals surface area contributed by atoms with E-state index >= 15 is 0 Å². The predicted molar refractivity (Wildman–Crippen MR) is 66.1 cm³/mol. The van der Waals surface area contributed by atoms with Crippen molar-refractivity contribution in [3.63, 3.8) is 0 Å². The number of hydrogen-bond acceptors (Lipinski definition) is 2. The molecule has 0 aromatic heterocycles. The summed E-state index contributed by atoms with van der Waals surface area (Å²) >= 11 is 6.07. The first-order valence-electron chi connectivity index (χ1n) is 5.33. The lowest BCUT2D eigenvalue weighted by Crippen LogP contribution is -2.12. The fourth-order valence-corrected chi connectivity index (χ4v) is 1.61. The molecule has 3 heteroatoms. The van der Waals surface area contributed by atoms with E-state index in [0.717, 1.165) is 5.56 Å². The number of esters is 1. The Hall–Kier alpha value is -1.02. The van der Waals surface area contributed by atoms with E-state index in [1.165, 1.54) is 0 Å². The van der Waals surface area contributed by atoms with E-state index in [4.69, 9.17) is 16.3 Å². The molecule has 1 aromatic rings. The Kier molecular flexibility index (Phi) is 3.98. The molecule has 0 amide bonds. The fourth-order valence-electron chi connectivity index (χ4n) is 1.36. The van der Waals surface area contributed by atoms with Crippen molar-refractivity contribution in [3.8, 4) is 0 Å². The van der Waals surface area contributed by atoms with Crippen LogP contribution in [0.5, 0.6) is 0 Å². The standard InChI is InChI=1S/C13H17ClO2/c1-5-16-12(15)10-7-6-9(8-11(10)14)13(2,3)4/h6-8H,5H2,1-4H3. The van der Waals surface area contributed by atoms with Crippen molar-refractivity contribution in [1.82, 2.24) is 0 Å². The van der Waals surface area contributed by atoms with E-state index in [2.05, 4.69) is 20.8 Å². The van der Waals surface area contributed by atoms with Crippen LogP contribution in [0.1, 0.15) is 43.6 Å². The van der Waals surface area contributed by atoms with Crippen LogP contribution in [0.4, 0.5) is 0 Å². The lowest BCUT2D eigenvalue weighted by molar-refractivity contribution is 0.0526. The molecule has 0 heterocycles. The van der Waals surface area contributed by atoms with E-state index in [-0.39, 0.29) is 11.4 Å². The van der Waals surface area contributed by atoms with Gasteiger partial charge in [-0.25, -0.2) is 4.79 Å². The summed E-state index contributed by atoms with van der Waals surface area (Å²) in [5.41, 5.74) is 1.55. The van der Waals surface area contributed by atoms with Crippen molar-refractivity contribution >= 4 is 17.6 Å². The largest absolute Gasteiger partial charge is 0.462 e. The molecule has 0 atom stereocenters. The molecule has 0 N–H and O–H groups in total. The van der Waals surface area contributed by atoms with E-state index in [1.807, 2.05) is 12.1 Å². The molecule has 88 valence electrons. The molecule has 1 aromatic carbocycles. The summed E-state index contributed by atoms with van der Waals surface area (Å²) in [6.07, 6.45) is 0. The first-order valence-corrected chi connectivity index (χ1v) is 5.71. The van der Waals surface area contributed by atoms with Gasteiger partial charge in [-0.05, 0) is 30.0 Å². The van der Waals surface area contributed by atoms with Crippen molar-refractivity contribution in [2.75, 3.05) is 6.61 Å². The smallest absolute Gasteiger partial charge is 0.339 e. The second kappa shape index (κ2) is 4.88. The van der Waals surface area contributed by atoms with Crippen LogP contribution in [0.2, 0.25) is 5.02 Å². The maximum absolute atomic E-state index is 11.5. The Morgan fingerprint density at radius 3 is 2.44 bits per heavy atom. The molecule has 0 spiro atoms. The maximum atomic E-state index is 11.5. The second-order valence-electron chi connectivity index (χ2n) is 4.67. The highest BCUT2D eigenvalue weighted by atomic mass is 35.5. The third kappa shape index (κ3) is 2.99. The summed E-state index contributed by atoms with van der Waals surface area (Å²) in [5.74, 6) is -0.368. The summed E-state index contributed by atoms with van der Waals surface area (Å²) in [4.78, 5) is 11.5. The summed E-state index contributed by atoms with van der Waals surface area (Å²) in [7, 11) is 0. The van der Waals surface area contributed by atoms with Gasteiger partial charge in [0.05, 0.1) is 17.2 Å². The molecular formula is C13H17ClO2. The highest BCUT2D eigenvalue weighted by Gasteiger charge is 2.17. The third-order valence-electron chi connectivity index (χ3n) is 2.33. The molecule has 0 bridgehead atoms. The molecule has 0 aliphatic rings. The Labute approximate surface area is 102 Å². The third-order valence-corrected chi connectivity index (χ3v) is 2.64. The Morgan fingerprint density at radius 1 is 1.38 bits per heavy atom. The molecule has 0 unspecified atom stereocenters. The van der Waals surface area contributed by atoms with Crippen LogP contribution in [0.15, 0.2) is 18.2 Å². The van der Waals surface area contributed by atoms with Crippen molar-refractivity contribution in [3.05, 3.63) is 34.3 Å². The van der Waals surface area contributed by atoms with E-state index < -0.39 is 0 Å². The summed E-state index contributed by atoms with van der Waals surface area (Å²) in [6, 6.07) is 5.47. The van der Waals surface area contributed by atoms with E-state index in [0.29, 0.717) is 17.2 Å². The minimum atomic E-state index is -0.368. The van der Waals surface area contributed by atoms with Crippen molar-refractivity contribution in [1.29, 1.82) is 0 Å². The highest BCUT2D eigenvalue weighted by molar-refractivity contribution is 6.33. The molecule has 0 saturated carbocycles. The van der Waals surface area contributed by atoms with Gasteiger partial charge in [-0.15, -0.1) is 0 Å². The van der Waals surface area contributed by atoms with Crippen LogP contribution in [-0.2, 0) is 10.2 Å². The van der Waals surface area contributed by atoms with Gasteiger partial charge in [0.25, 0.3) is 0 Å². The number of hydrogen-bond donors (Lipinski definition) is 0. The first-order chi connectivity index (χ1) is 7.36. The van der Waals surface area contributed by atoms with E-state index in [1.54, 1.807) is 13.0 Å². The van der Waals surface area contributed by atoms with Gasteiger partial charge >= 0.3 is 5.97 Å². The Balaban J connectivity index is 3.05. The van der Waals surface area contributed by atoms with Crippen molar-refractivity contribution < 1.29 is 9.53 Å². The van der Waals surface area contributed by atoms with Crippen LogP contribution < -0.4 is 0 Å². The second-order valence-corrected chi connectivity index (χ2v) is 5.07. The van der Waals surface area contributed by atoms with Crippen LogP contribution in [0.25, 0.3) is 0 Å². The molecule has 2 nitrogen and oxygen atoms in total. The number of rotatable bonds is 2. The lowest BCUT2D eigenvalue weighted by atomic mass is 9.86. The molecule has 0 fully saturated rings. The van der Waals surface area contributed by atoms with Gasteiger partial charge < -0.3 is 4.74 Å². The molecule has 1 rings (SSSR count). The van der Waals surface area contributed by atoms with Gasteiger partial charge in [-0.2, -0.15) is 0 Å². The zero-order valence-electron chi connectivity index (χ0n) is 10.1. The quantitative estimate of drug-likeness (QED) is 0.735. The van der Waals surface area contributed by atoms with Gasteiger partial charge in [-0.1, -0.05) is 38.4 Å². The SMILES string of the molecule is CCOC(=O)c1ccc(C(C)(C)C)cc1Cl. The first kappa shape index (κ1) is 13.0. The molecular weight excluding hydrogens is 224 g/mol. The average molecular weight is 241 g/mol. The number of carbonyl (C=O) groups is 1. The van der Waals surface area contributed by atoms with Crippen LogP contribution in [-0.4, -0.2) is 12.6 Å². The molecule has 0 aliphatic carbocycles. The maximum Gasteiger partial charge on any atom is 0.339 e. The monoisotopic (exact) mass is 240 g/mol. The Morgan fingerprint density at radius 2 is 2.00 bits per heavy atom. The lowest BCUT2D eigenvalue weighted by Gasteiger charge is -2.19. The van der Waals surface area contributed by atoms with Gasteiger partial charge in [-0.3, -0.25) is 0 Å². The van der Waals surface area contributed by atoms with Crippen LogP contribution in [0, 0.1) is 0 Å². The molecule has 16 heavy (non-hydrogen) atoms. The molecule has 0 saturated heterocycles. The number of carbonyl (C=O) groups excluding carboxylic acids is 1. The topological polar surface area (TPSA) is 26.3 Å². The number of benzene rings is 1. The van der Waals surface area contributed by atoms with Crippen molar-refractivity contribution in [2.45, 2.75) is 33.1 Å². The molecule has 0 aliphatic heterocycles. The molecule has 0 radical (unpaired) electrons. The Bertz CT molecular complexity index is 391. The highest BCUT2D eigenvalue weighted by Crippen LogP contribution is 2.27. The van der Waals surface area contributed by atoms with Gasteiger partial charge in [0.15, 0.2) is 0 Å². The number of ether oxygens (including phenoxy) is 1. The average Bonchev–Trinajstić information content (AvgIpc) is 2.16. The summed E-state index contributed by atoms with van der Waals surface area (Å²) < 4.78 is 4.91. The zero-order valence-corrected chi connectivity index (χ0v) is 10.9. The van der Waals surface area contributed by atoms with Gasteiger partial charge in [0.1, 0.15) is 0 Å². The normalized spacial score (nSPS) is 11.3.